The number of hydrogen-bond donors (Lipinski definition) is 1. The summed E-state index contributed by atoms with van der Waals surface area (Å²) < 4.78 is 5.37. The third-order valence-electron chi connectivity index (χ3n) is 3.48. The Morgan fingerprint density at radius 1 is 1.24 bits per heavy atom. The van der Waals surface area contributed by atoms with Crippen molar-refractivity contribution in [2.45, 2.75) is 39.2 Å². The molecular formula is C12H23ClN2O2. The van der Waals surface area contributed by atoms with E-state index in [4.69, 9.17) is 4.74 Å². The van der Waals surface area contributed by atoms with Crippen molar-refractivity contribution in [1.29, 1.82) is 0 Å². The highest BCUT2D eigenvalue weighted by atomic mass is 35.5. The number of hydrogen-bond acceptors (Lipinski definition) is 3. The first-order valence-corrected chi connectivity index (χ1v) is 6.09. The van der Waals surface area contributed by atoms with Crippen molar-refractivity contribution < 1.29 is 9.53 Å². The van der Waals surface area contributed by atoms with Crippen LogP contribution in [0, 0.1) is 5.41 Å². The molecule has 0 unspecified atom stereocenters. The second-order valence-corrected chi connectivity index (χ2v) is 6.07. The number of carbonyl (C=O) groups is 1. The molecule has 2 heterocycles. The molecule has 5 heteroatoms. The van der Waals surface area contributed by atoms with Crippen LogP contribution < -0.4 is 5.32 Å². The van der Waals surface area contributed by atoms with E-state index in [1.807, 2.05) is 25.7 Å². The smallest absolute Gasteiger partial charge is 0.410 e. The number of piperidine rings is 1. The Morgan fingerprint density at radius 2 is 1.76 bits per heavy atom. The maximum atomic E-state index is 11.8. The van der Waals surface area contributed by atoms with Crippen molar-refractivity contribution in [2.75, 3.05) is 26.2 Å². The zero-order chi connectivity index (χ0) is 11.8. The van der Waals surface area contributed by atoms with Crippen molar-refractivity contribution in [2.24, 2.45) is 5.41 Å². The van der Waals surface area contributed by atoms with Crippen LogP contribution in [0.15, 0.2) is 0 Å². The minimum Gasteiger partial charge on any atom is -0.444 e. The average molecular weight is 263 g/mol. The number of halogens is 1. The van der Waals surface area contributed by atoms with E-state index in [9.17, 15) is 4.79 Å². The molecule has 2 aliphatic heterocycles. The molecule has 0 radical (unpaired) electrons. The molecule has 0 aromatic carbocycles. The molecule has 0 bridgehead atoms. The number of rotatable bonds is 0. The molecule has 0 saturated carbocycles. The third kappa shape index (κ3) is 3.49. The van der Waals surface area contributed by atoms with Crippen LogP contribution in [-0.2, 0) is 4.74 Å². The summed E-state index contributed by atoms with van der Waals surface area (Å²) in [7, 11) is 0. The fraction of sp³-hybridized carbons (Fsp3) is 0.917. The van der Waals surface area contributed by atoms with E-state index in [0.29, 0.717) is 5.41 Å². The fourth-order valence-corrected chi connectivity index (χ4v) is 2.32. The van der Waals surface area contributed by atoms with Crippen molar-refractivity contribution >= 4 is 18.5 Å². The Balaban J connectivity index is 0.00000144. The van der Waals surface area contributed by atoms with E-state index in [1.165, 1.54) is 0 Å². The summed E-state index contributed by atoms with van der Waals surface area (Å²) in [6.07, 6.45) is 2.06. The van der Waals surface area contributed by atoms with Crippen LogP contribution >= 0.6 is 12.4 Å². The Hall–Kier alpha value is -0.480. The van der Waals surface area contributed by atoms with Gasteiger partial charge in [-0.1, -0.05) is 0 Å². The van der Waals surface area contributed by atoms with Gasteiger partial charge in [0.1, 0.15) is 5.60 Å². The van der Waals surface area contributed by atoms with Crippen LogP contribution in [0.25, 0.3) is 0 Å². The van der Waals surface area contributed by atoms with Crippen LogP contribution in [0.2, 0.25) is 0 Å². The highest BCUT2D eigenvalue weighted by Crippen LogP contribution is 2.35. The summed E-state index contributed by atoms with van der Waals surface area (Å²) in [6, 6.07) is 0. The molecule has 4 nitrogen and oxygen atoms in total. The Kier molecular flexibility index (Phi) is 4.31. The Labute approximate surface area is 109 Å². The molecule has 2 aliphatic rings. The van der Waals surface area contributed by atoms with Gasteiger partial charge in [0.15, 0.2) is 0 Å². The average Bonchev–Trinajstić information content (AvgIpc) is 2.13. The summed E-state index contributed by atoms with van der Waals surface area (Å²) in [5.74, 6) is 0. The van der Waals surface area contributed by atoms with Gasteiger partial charge in [-0.2, -0.15) is 0 Å². The first-order chi connectivity index (χ1) is 7.40. The first-order valence-electron chi connectivity index (χ1n) is 6.09. The zero-order valence-corrected chi connectivity index (χ0v) is 11.7. The fourth-order valence-electron chi connectivity index (χ4n) is 2.32. The van der Waals surface area contributed by atoms with Gasteiger partial charge in [0.05, 0.1) is 0 Å². The van der Waals surface area contributed by atoms with Gasteiger partial charge in [-0.05, 0) is 39.0 Å². The second-order valence-electron chi connectivity index (χ2n) is 6.07. The number of amides is 1. The maximum Gasteiger partial charge on any atom is 0.410 e. The summed E-state index contributed by atoms with van der Waals surface area (Å²) in [5.41, 5.74) is 0.1000. The van der Waals surface area contributed by atoms with E-state index >= 15 is 0 Å². The Bertz CT molecular complexity index is 275. The Morgan fingerprint density at radius 3 is 2.12 bits per heavy atom. The van der Waals surface area contributed by atoms with Gasteiger partial charge < -0.3 is 15.0 Å². The summed E-state index contributed by atoms with van der Waals surface area (Å²) in [6.45, 7) is 9.65. The summed E-state index contributed by atoms with van der Waals surface area (Å²) >= 11 is 0. The second kappa shape index (κ2) is 5.02. The van der Waals surface area contributed by atoms with Gasteiger partial charge in [-0.25, -0.2) is 4.79 Å². The first kappa shape index (κ1) is 14.6. The summed E-state index contributed by atoms with van der Waals surface area (Å²) in [5, 5.41) is 3.32. The molecule has 0 atom stereocenters. The number of likely N-dealkylation sites (tertiary alicyclic amines) is 1. The van der Waals surface area contributed by atoms with E-state index in [1.54, 1.807) is 0 Å². The highest BCUT2D eigenvalue weighted by Gasteiger charge is 2.41. The highest BCUT2D eigenvalue weighted by molar-refractivity contribution is 5.85. The lowest BCUT2D eigenvalue weighted by Crippen LogP contribution is -2.59. The van der Waals surface area contributed by atoms with Gasteiger partial charge in [-0.15, -0.1) is 12.4 Å². The van der Waals surface area contributed by atoms with Crippen molar-refractivity contribution in [1.82, 2.24) is 10.2 Å². The monoisotopic (exact) mass is 262 g/mol. The molecule has 0 aromatic heterocycles. The molecular weight excluding hydrogens is 240 g/mol. The van der Waals surface area contributed by atoms with E-state index in [0.717, 1.165) is 39.0 Å². The molecule has 100 valence electrons. The van der Waals surface area contributed by atoms with Crippen molar-refractivity contribution in [3.05, 3.63) is 0 Å². The summed E-state index contributed by atoms with van der Waals surface area (Å²) in [4.78, 5) is 13.7. The molecule has 2 fully saturated rings. The quantitative estimate of drug-likeness (QED) is 0.726. The number of ether oxygens (including phenoxy) is 1. The lowest BCUT2D eigenvalue weighted by Gasteiger charge is -2.48. The molecule has 1 amide bonds. The lowest BCUT2D eigenvalue weighted by molar-refractivity contribution is 0.00150. The third-order valence-corrected chi connectivity index (χ3v) is 3.48. The van der Waals surface area contributed by atoms with Gasteiger partial charge in [0.2, 0.25) is 0 Å². The molecule has 0 aromatic rings. The van der Waals surface area contributed by atoms with Crippen LogP contribution in [0.5, 0.6) is 0 Å². The molecule has 17 heavy (non-hydrogen) atoms. The minimum absolute atomic E-state index is 0. The normalized spacial score (nSPS) is 22.6. The largest absolute Gasteiger partial charge is 0.444 e. The molecule has 2 saturated heterocycles. The predicted molar refractivity (Wildman–Crippen MR) is 69.6 cm³/mol. The van der Waals surface area contributed by atoms with Gasteiger partial charge in [0, 0.05) is 26.2 Å². The number of nitrogens with one attached hydrogen (secondary N) is 1. The predicted octanol–water partition coefficient (Wildman–Crippen LogP) is 2.03. The standard InChI is InChI=1S/C12H22N2O2.ClH/c1-11(2,3)16-10(15)14-6-4-12(5-7-14)8-13-9-12;/h13H,4-9H2,1-3H3;1H. The SMILES string of the molecule is CC(C)(C)OC(=O)N1CCC2(CC1)CNC2.Cl. The van der Waals surface area contributed by atoms with Crippen molar-refractivity contribution in [3.63, 3.8) is 0 Å². The maximum absolute atomic E-state index is 11.8. The minimum atomic E-state index is -0.385. The number of carbonyl (C=O) groups excluding carboxylic acids is 1. The molecule has 1 spiro atoms. The zero-order valence-electron chi connectivity index (χ0n) is 10.9. The van der Waals surface area contributed by atoms with Crippen LogP contribution in [0.1, 0.15) is 33.6 Å². The molecule has 2 rings (SSSR count). The van der Waals surface area contributed by atoms with Crippen LogP contribution in [0.3, 0.4) is 0 Å². The molecule has 0 aliphatic carbocycles. The number of nitrogens with zero attached hydrogens (tertiary/aromatic N) is 1. The van der Waals surface area contributed by atoms with Crippen LogP contribution in [0.4, 0.5) is 4.79 Å². The van der Waals surface area contributed by atoms with E-state index in [-0.39, 0.29) is 24.1 Å². The van der Waals surface area contributed by atoms with Gasteiger partial charge in [-0.3, -0.25) is 0 Å². The van der Waals surface area contributed by atoms with Gasteiger partial charge >= 0.3 is 6.09 Å². The lowest BCUT2D eigenvalue weighted by atomic mass is 9.73. The molecule has 1 N–H and O–H groups in total. The topological polar surface area (TPSA) is 41.6 Å². The van der Waals surface area contributed by atoms with Gasteiger partial charge in [0.25, 0.3) is 0 Å². The van der Waals surface area contributed by atoms with E-state index < -0.39 is 0 Å². The van der Waals surface area contributed by atoms with Crippen LogP contribution in [-0.4, -0.2) is 42.8 Å². The van der Waals surface area contributed by atoms with E-state index in [2.05, 4.69) is 5.32 Å². The van der Waals surface area contributed by atoms with Crippen molar-refractivity contribution in [3.8, 4) is 0 Å².